The van der Waals surface area contributed by atoms with Gasteiger partial charge < -0.3 is 19.5 Å². The highest BCUT2D eigenvalue weighted by Crippen LogP contribution is 2.37. The van der Waals surface area contributed by atoms with E-state index in [9.17, 15) is 28.1 Å². The van der Waals surface area contributed by atoms with Crippen molar-refractivity contribution in [3.8, 4) is 17.2 Å². The Kier molecular flexibility index (Phi) is 11.0. The Hall–Kier alpha value is -5.18. The van der Waals surface area contributed by atoms with Crippen LogP contribution in [0.2, 0.25) is 0 Å². The van der Waals surface area contributed by atoms with Crippen molar-refractivity contribution in [2.24, 2.45) is 5.10 Å². The van der Waals surface area contributed by atoms with Crippen LogP contribution in [0.3, 0.4) is 0 Å². The molecular weight excluding hydrogens is 582 g/mol. The largest absolute Gasteiger partial charge is 0.497 e. The minimum atomic E-state index is -4.66. The molecule has 2 N–H and O–H groups in total. The molecule has 0 aliphatic rings. The molecule has 0 saturated carbocycles. The number of hydrogen-bond donors (Lipinski definition) is 2. The Morgan fingerprint density at radius 2 is 1.67 bits per heavy atom. The molecule has 0 aliphatic heterocycles. The van der Waals surface area contributed by atoms with Crippen molar-refractivity contribution in [1.29, 1.82) is 0 Å². The first-order valence-electron chi connectivity index (χ1n) is 12.8. The fraction of sp³-hybridized carbons (Fsp3) is 0.250. The van der Waals surface area contributed by atoms with Gasteiger partial charge in [0.05, 0.1) is 31.0 Å². The van der Waals surface area contributed by atoms with Crippen molar-refractivity contribution in [3.63, 3.8) is 0 Å². The molecule has 0 spiro atoms. The Morgan fingerprint density at radius 3 is 2.30 bits per heavy atom. The Morgan fingerprint density at radius 1 is 1.00 bits per heavy atom. The number of nitro groups is 1. The average Bonchev–Trinajstić information content (AvgIpc) is 2.98. The lowest BCUT2D eigenvalue weighted by Gasteiger charge is -2.25. The molecule has 0 aromatic heterocycles. The predicted octanol–water partition coefficient (Wildman–Crippen LogP) is 2.86. The third kappa shape index (κ3) is 8.65. The van der Waals surface area contributed by atoms with Gasteiger partial charge in [0.25, 0.3) is 27.5 Å². The summed E-state index contributed by atoms with van der Waals surface area (Å²) < 4.78 is 44.2. The highest BCUT2D eigenvalue weighted by Gasteiger charge is 2.34. The highest BCUT2D eigenvalue weighted by molar-refractivity contribution is 7.93. The maximum absolute atomic E-state index is 13.8. The van der Waals surface area contributed by atoms with Crippen LogP contribution in [-0.4, -0.2) is 64.8 Å². The zero-order chi connectivity index (χ0) is 31.6. The number of anilines is 1. The molecule has 0 aliphatic carbocycles. The van der Waals surface area contributed by atoms with Gasteiger partial charge in [0.15, 0.2) is 11.5 Å². The number of nitrogens with zero attached hydrogens (tertiary/aromatic N) is 3. The maximum Gasteiger partial charge on any atom is 0.289 e. The molecule has 43 heavy (non-hydrogen) atoms. The van der Waals surface area contributed by atoms with Crippen LogP contribution >= 0.6 is 0 Å². The minimum Gasteiger partial charge on any atom is -0.497 e. The van der Waals surface area contributed by atoms with Crippen LogP contribution in [0.4, 0.5) is 11.4 Å². The molecule has 3 aromatic carbocycles. The number of hydrazone groups is 1. The summed E-state index contributed by atoms with van der Waals surface area (Å²) in [6, 6.07) is 15.5. The van der Waals surface area contributed by atoms with E-state index < -0.39 is 38.0 Å². The van der Waals surface area contributed by atoms with Gasteiger partial charge >= 0.3 is 0 Å². The van der Waals surface area contributed by atoms with Crippen molar-refractivity contribution in [1.82, 2.24) is 10.7 Å². The first-order chi connectivity index (χ1) is 20.5. The number of para-hydroxylation sites is 1. The van der Waals surface area contributed by atoms with Crippen molar-refractivity contribution < 1.29 is 37.1 Å². The van der Waals surface area contributed by atoms with E-state index in [1.807, 2.05) is 13.8 Å². The summed E-state index contributed by atoms with van der Waals surface area (Å²) in [4.78, 5) is 34.8. The number of methoxy groups -OCH3 is 2. The van der Waals surface area contributed by atoms with E-state index in [0.29, 0.717) is 21.4 Å². The number of sulfonamides is 1. The molecule has 228 valence electrons. The van der Waals surface area contributed by atoms with E-state index >= 15 is 0 Å². The standard InChI is InChI=1S/C28H31N5O9S/c1-19(2)30-28(35)18-42-21-11-9-20(10-12-21)16-29-31-27(34)17-32(23-14-13-22(40-3)15-25(23)41-4)43(38,39)26-8-6-5-7-24(26)33(36)37/h5-16,19H,17-18H2,1-4H3,(H,30,35)(H,31,34)/b29-16-. The molecule has 0 saturated heterocycles. The number of carbonyl (C=O) groups excluding carboxylic acids is 2. The first kappa shape index (κ1) is 32.3. The van der Waals surface area contributed by atoms with Gasteiger partial charge in [-0.2, -0.15) is 5.10 Å². The summed E-state index contributed by atoms with van der Waals surface area (Å²) in [5.74, 6) is -0.250. The van der Waals surface area contributed by atoms with Crippen LogP contribution in [0.25, 0.3) is 0 Å². The quantitative estimate of drug-likeness (QED) is 0.157. The molecule has 3 aromatic rings. The first-order valence-corrected chi connectivity index (χ1v) is 14.2. The summed E-state index contributed by atoms with van der Waals surface area (Å²) in [5.41, 5.74) is 2.12. The van der Waals surface area contributed by atoms with E-state index in [-0.39, 0.29) is 30.0 Å². The third-order valence-electron chi connectivity index (χ3n) is 5.68. The maximum atomic E-state index is 13.8. The van der Waals surface area contributed by atoms with Crippen molar-refractivity contribution >= 4 is 39.4 Å². The van der Waals surface area contributed by atoms with Crippen LogP contribution < -0.4 is 29.3 Å². The molecular formula is C28H31N5O9S. The van der Waals surface area contributed by atoms with E-state index in [1.54, 1.807) is 24.3 Å². The van der Waals surface area contributed by atoms with Gasteiger partial charge in [-0.3, -0.25) is 24.0 Å². The van der Waals surface area contributed by atoms with Crippen molar-refractivity contribution in [2.45, 2.75) is 24.8 Å². The Balaban J connectivity index is 1.81. The summed E-state index contributed by atoms with van der Waals surface area (Å²) >= 11 is 0. The number of nitro benzene ring substituents is 1. The fourth-order valence-corrected chi connectivity index (χ4v) is 5.33. The topological polar surface area (TPSA) is 179 Å². The smallest absolute Gasteiger partial charge is 0.289 e. The van der Waals surface area contributed by atoms with E-state index in [1.165, 1.54) is 50.8 Å². The lowest BCUT2D eigenvalue weighted by Crippen LogP contribution is -2.40. The molecule has 0 fully saturated rings. The number of benzene rings is 3. The number of carbonyl (C=O) groups is 2. The molecule has 15 heteroatoms. The molecule has 0 radical (unpaired) electrons. The van der Waals surface area contributed by atoms with Crippen LogP contribution in [0, 0.1) is 10.1 Å². The van der Waals surface area contributed by atoms with E-state index in [0.717, 1.165) is 12.1 Å². The minimum absolute atomic E-state index is 0.00724. The summed E-state index contributed by atoms with van der Waals surface area (Å²) in [6.45, 7) is 2.74. The third-order valence-corrected chi connectivity index (χ3v) is 7.48. The van der Waals surface area contributed by atoms with Gasteiger partial charge in [0, 0.05) is 18.2 Å². The molecule has 0 heterocycles. The number of rotatable bonds is 14. The predicted molar refractivity (Wildman–Crippen MR) is 158 cm³/mol. The molecule has 0 atom stereocenters. The number of hydrogen-bond acceptors (Lipinski definition) is 10. The van der Waals surface area contributed by atoms with Gasteiger partial charge in [-0.25, -0.2) is 13.8 Å². The Bertz CT molecular complexity index is 1590. The second-order valence-electron chi connectivity index (χ2n) is 9.15. The van der Waals surface area contributed by atoms with Crippen LogP contribution in [0.1, 0.15) is 19.4 Å². The molecule has 0 unspecified atom stereocenters. The summed E-state index contributed by atoms with van der Waals surface area (Å²) in [6.07, 6.45) is 1.32. The lowest BCUT2D eigenvalue weighted by atomic mass is 10.2. The van der Waals surface area contributed by atoms with Crippen molar-refractivity contribution in [2.75, 3.05) is 31.7 Å². The SMILES string of the molecule is COc1ccc(N(CC(=O)N/N=C\c2ccc(OCC(=O)NC(C)C)cc2)S(=O)(=O)c2ccccc2[N+](=O)[O-])c(OC)c1. The van der Waals surface area contributed by atoms with Crippen LogP contribution in [0.15, 0.2) is 76.7 Å². The van der Waals surface area contributed by atoms with Gasteiger partial charge in [-0.1, -0.05) is 12.1 Å². The highest BCUT2D eigenvalue weighted by atomic mass is 32.2. The summed E-state index contributed by atoms with van der Waals surface area (Å²) in [7, 11) is -1.95. The monoisotopic (exact) mass is 613 g/mol. The van der Waals surface area contributed by atoms with Gasteiger partial charge in [0.1, 0.15) is 23.8 Å². The van der Waals surface area contributed by atoms with E-state index in [4.69, 9.17) is 14.2 Å². The second kappa shape index (κ2) is 14.6. The molecule has 14 nitrogen and oxygen atoms in total. The molecule has 3 rings (SSSR count). The number of ether oxygens (including phenoxy) is 3. The van der Waals surface area contributed by atoms with E-state index in [2.05, 4.69) is 15.8 Å². The molecule has 2 amide bonds. The molecule has 0 bridgehead atoms. The van der Waals surface area contributed by atoms with Crippen LogP contribution in [-0.2, 0) is 19.6 Å². The number of nitrogens with one attached hydrogen (secondary N) is 2. The second-order valence-corrected chi connectivity index (χ2v) is 11.0. The zero-order valence-electron chi connectivity index (χ0n) is 23.8. The number of amides is 2. The normalized spacial score (nSPS) is 11.2. The zero-order valence-corrected chi connectivity index (χ0v) is 24.7. The van der Waals surface area contributed by atoms with Gasteiger partial charge in [-0.05, 0) is 61.9 Å². The van der Waals surface area contributed by atoms with Crippen molar-refractivity contribution in [3.05, 3.63) is 82.4 Å². The average molecular weight is 614 g/mol. The Labute approximate surface area is 248 Å². The van der Waals surface area contributed by atoms with Gasteiger partial charge in [-0.15, -0.1) is 0 Å². The summed E-state index contributed by atoms with van der Waals surface area (Å²) in [5, 5.41) is 18.2. The van der Waals surface area contributed by atoms with Crippen LogP contribution in [0.5, 0.6) is 17.2 Å². The fourth-order valence-electron chi connectivity index (χ4n) is 3.74. The van der Waals surface area contributed by atoms with Gasteiger partial charge in [0.2, 0.25) is 0 Å². The lowest BCUT2D eigenvalue weighted by molar-refractivity contribution is -0.387.